The maximum Gasteiger partial charge on any atom is 0.224 e. The van der Waals surface area contributed by atoms with Crippen molar-refractivity contribution in [1.29, 1.82) is 0 Å². The average molecular weight is 318 g/mol. The molecule has 23 heavy (non-hydrogen) atoms. The second-order valence-corrected chi connectivity index (χ2v) is 7.28. The van der Waals surface area contributed by atoms with Gasteiger partial charge in [0.25, 0.3) is 0 Å². The molecule has 0 aliphatic rings. The minimum Gasteiger partial charge on any atom is -0.326 e. The van der Waals surface area contributed by atoms with Crippen LogP contribution in [0.1, 0.15) is 64.2 Å². The number of anilines is 1. The third-order valence-electron chi connectivity index (χ3n) is 3.46. The number of carbonyl (C=O) groups is 2. The third-order valence-corrected chi connectivity index (χ3v) is 3.46. The third kappa shape index (κ3) is 7.93. The predicted molar refractivity (Wildman–Crippen MR) is 95.8 cm³/mol. The van der Waals surface area contributed by atoms with Crippen LogP contribution in [0, 0.1) is 5.92 Å². The normalized spacial score (nSPS) is 11.6. The van der Waals surface area contributed by atoms with Crippen molar-refractivity contribution in [2.75, 3.05) is 11.9 Å². The lowest BCUT2D eigenvalue weighted by Crippen LogP contribution is -2.36. The van der Waals surface area contributed by atoms with Gasteiger partial charge in [-0.3, -0.25) is 9.59 Å². The Hall–Kier alpha value is -1.68. The minimum atomic E-state index is -0.0165. The van der Waals surface area contributed by atoms with Crippen LogP contribution in [0.5, 0.6) is 0 Å². The van der Waals surface area contributed by atoms with E-state index in [0.717, 1.165) is 25.1 Å². The fraction of sp³-hybridized carbons (Fsp3) is 0.579. The predicted octanol–water partition coefficient (Wildman–Crippen LogP) is 4.02. The van der Waals surface area contributed by atoms with Gasteiger partial charge in [0, 0.05) is 29.1 Å². The number of Topliss-reactive ketones (excluding diaryl/α,β-unsaturated/α-hetero) is 1. The van der Waals surface area contributed by atoms with Gasteiger partial charge in [0.15, 0.2) is 5.78 Å². The van der Waals surface area contributed by atoms with Gasteiger partial charge in [0.05, 0.1) is 0 Å². The molecule has 4 nitrogen and oxygen atoms in total. The number of unbranched alkanes of at least 4 members (excludes halogenated alkanes) is 1. The lowest BCUT2D eigenvalue weighted by molar-refractivity contribution is -0.116. The second kappa shape index (κ2) is 8.82. The van der Waals surface area contributed by atoms with Crippen LogP contribution in [0.25, 0.3) is 0 Å². The van der Waals surface area contributed by atoms with Crippen molar-refractivity contribution in [2.24, 2.45) is 5.92 Å². The van der Waals surface area contributed by atoms with Gasteiger partial charge in [0.1, 0.15) is 0 Å². The maximum absolute atomic E-state index is 11.9. The van der Waals surface area contributed by atoms with E-state index >= 15 is 0 Å². The lowest BCUT2D eigenvalue weighted by atomic mass is 10.0. The highest BCUT2D eigenvalue weighted by Crippen LogP contribution is 2.14. The fourth-order valence-corrected chi connectivity index (χ4v) is 2.15. The number of ketones is 1. The van der Waals surface area contributed by atoms with Gasteiger partial charge in [-0.2, -0.15) is 0 Å². The molecule has 4 heteroatoms. The molecule has 0 aromatic heterocycles. The Bertz CT molecular complexity index is 513. The summed E-state index contributed by atoms with van der Waals surface area (Å²) in [7, 11) is 0. The van der Waals surface area contributed by atoms with Crippen molar-refractivity contribution < 1.29 is 9.59 Å². The zero-order chi connectivity index (χ0) is 17.5. The summed E-state index contributed by atoms with van der Waals surface area (Å²) in [4.78, 5) is 23.8. The smallest absolute Gasteiger partial charge is 0.224 e. The van der Waals surface area contributed by atoms with Gasteiger partial charge in [-0.1, -0.05) is 13.8 Å². The van der Waals surface area contributed by atoms with Gasteiger partial charge in [-0.25, -0.2) is 0 Å². The van der Waals surface area contributed by atoms with Crippen molar-refractivity contribution in [1.82, 2.24) is 5.32 Å². The van der Waals surface area contributed by atoms with Gasteiger partial charge in [0.2, 0.25) is 5.91 Å². The molecule has 0 heterocycles. The highest BCUT2D eigenvalue weighted by atomic mass is 16.1. The molecule has 0 unspecified atom stereocenters. The number of nitrogens with one attached hydrogen (secondary N) is 2. The molecule has 0 aliphatic heterocycles. The van der Waals surface area contributed by atoms with Gasteiger partial charge < -0.3 is 10.6 Å². The summed E-state index contributed by atoms with van der Waals surface area (Å²) in [5.74, 6) is 0.120. The molecule has 0 radical (unpaired) electrons. The summed E-state index contributed by atoms with van der Waals surface area (Å²) in [5.41, 5.74) is 1.55. The second-order valence-electron chi connectivity index (χ2n) is 7.28. The zero-order valence-electron chi connectivity index (χ0n) is 15.0. The van der Waals surface area contributed by atoms with Crippen molar-refractivity contribution in [3.63, 3.8) is 0 Å². The molecule has 0 fully saturated rings. The molecule has 1 aromatic carbocycles. The Morgan fingerprint density at radius 3 is 2.17 bits per heavy atom. The summed E-state index contributed by atoms with van der Waals surface area (Å²) in [6.07, 6.45) is 2.35. The molecule has 0 aliphatic carbocycles. The van der Waals surface area contributed by atoms with Crippen LogP contribution >= 0.6 is 0 Å². The summed E-state index contributed by atoms with van der Waals surface area (Å²) < 4.78 is 0. The molecular formula is C19H30N2O2. The SMILES string of the molecule is CC(C)C(=O)c1ccc(NC(=O)CCCCNC(C)(C)C)cc1. The number of rotatable bonds is 8. The topological polar surface area (TPSA) is 58.2 Å². The van der Waals surface area contributed by atoms with Crippen LogP contribution in [0.2, 0.25) is 0 Å². The average Bonchev–Trinajstić information content (AvgIpc) is 2.45. The summed E-state index contributed by atoms with van der Waals surface area (Å²) in [5, 5.41) is 6.28. The van der Waals surface area contributed by atoms with Crippen LogP contribution in [0.15, 0.2) is 24.3 Å². The Morgan fingerprint density at radius 1 is 1.04 bits per heavy atom. The number of hydrogen-bond donors (Lipinski definition) is 2. The quantitative estimate of drug-likeness (QED) is 0.562. The molecule has 0 saturated heterocycles. The minimum absolute atomic E-state index is 0.0165. The van der Waals surface area contributed by atoms with Crippen molar-refractivity contribution in [3.05, 3.63) is 29.8 Å². The number of amides is 1. The largest absolute Gasteiger partial charge is 0.326 e. The molecule has 0 atom stereocenters. The van der Waals surface area contributed by atoms with Crippen molar-refractivity contribution >= 4 is 17.4 Å². The summed E-state index contributed by atoms with van der Waals surface area (Å²) in [6.45, 7) is 11.1. The summed E-state index contributed by atoms with van der Waals surface area (Å²) in [6, 6.07) is 7.11. The molecule has 1 aromatic rings. The molecule has 1 rings (SSSR count). The van der Waals surface area contributed by atoms with Crippen molar-refractivity contribution in [2.45, 2.75) is 59.4 Å². The molecule has 1 amide bonds. The fourth-order valence-electron chi connectivity index (χ4n) is 2.15. The molecule has 0 saturated carbocycles. The molecule has 0 bridgehead atoms. The first-order valence-electron chi connectivity index (χ1n) is 8.38. The van der Waals surface area contributed by atoms with E-state index in [4.69, 9.17) is 0 Å². The van der Waals surface area contributed by atoms with E-state index in [2.05, 4.69) is 31.4 Å². The van der Waals surface area contributed by atoms with Crippen LogP contribution < -0.4 is 10.6 Å². The number of carbonyl (C=O) groups excluding carboxylic acids is 2. The van der Waals surface area contributed by atoms with Crippen molar-refractivity contribution in [3.8, 4) is 0 Å². The Balaban J connectivity index is 2.33. The van der Waals surface area contributed by atoms with Crippen LogP contribution in [-0.4, -0.2) is 23.8 Å². The standard InChI is InChI=1S/C19H30N2O2/c1-14(2)18(23)15-9-11-16(12-10-15)21-17(22)8-6-7-13-20-19(3,4)5/h9-12,14,20H,6-8,13H2,1-5H3,(H,21,22). The monoisotopic (exact) mass is 318 g/mol. The molecule has 128 valence electrons. The highest BCUT2D eigenvalue weighted by molar-refractivity contribution is 5.98. The number of benzene rings is 1. The number of hydrogen-bond acceptors (Lipinski definition) is 3. The molecule has 2 N–H and O–H groups in total. The van der Waals surface area contributed by atoms with E-state index in [1.165, 1.54) is 0 Å². The van der Waals surface area contributed by atoms with Gasteiger partial charge in [-0.15, -0.1) is 0 Å². The van der Waals surface area contributed by atoms with Crippen LogP contribution in [-0.2, 0) is 4.79 Å². The van der Waals surface area contributed by atoms with Crippen LogP contribution in [0.4, 0.5) is 5.69 Å². The van der Waals surface area contributed by atoms with Gasteiger partial charge >= 0.3 is 0 Å². The van der Waals surface area contributed by atoms with E-state index in [1.807, 2.05) is 13.8 Å². The van der Waals surface area contributed by atoms with Crippen LogP contribution in [0.3, 0.4) is 0 Å². The zero-order valence-corrected chi connectivity index (χ0v) is 15.0. The first-order chi connectivity index (χ1) is 10.7. The van der Waals surface area contributed by atoms with E-state index in [1.54, 1.807) is 24.3 Å². The van der Waals surface area contributed by atoms with E-state index in [9.17, 15) is 9.59 Å². The Morgan fingerprint density at radius 2 is 1.65 bits per heavy atom. The Labute approximate surface area is 140 Å². The lowest BCUT2D eigenvalue weighted by Gasteiger charge is -2.20. The molecular weight excluding hydrogens is 288 g/mol. The first-order valence-corrected chi connectivity index (χ1v) is 8.38. The maximum atomic E-state index is 11.9. The highest BCUT2D eigenvalue weighted by Gasteiger charge is 2.11. The Kier molecular flexibility index (Phi) is 7.43. The van der Waals surface area contributed by atoms with Gasteiger partial charge in [-0.05, 0) is 64.4 Å². The molecule has 0 spiro atoms. The van der Waals surface area contributed by atoms with E-state index < -0.39 is 0 Å². The first kappa shape index (κ1) is 19.4. The van der Waals surface area contributed by atoms with E-state index in [-0.39, 0.29) is 23.1 Å². The van der Waals surface area contributed by atoms with E-state index in [0.29, 0.717) is 12.0 Å². The summed E-state index contributed by atoms with van der Waals surface area (Å²) >= 11 is 0.